The summed E-state index contributed by atoms with van der Waals surface area (Å²) in [7, 11) is 0. The minimum absolute atomic E-state index is 0.0907. The van der Waals surface area contributed by atoms with E-state index in [1.165, 1.54) is 6.42 Å². The van der Waals surface area contributed by atoms with Gasteiger partial charge in [0, 0.05) is 37.9 Å². The highest BCUT2D eigenvalue weighted by molar-refractivity contribution is 6.39. The number of likely N-dealkylation sites (tertiary alicyclic amines) is 1. The lowest BCUT2D eigenvalue weighted by atomic mass is 9.88. The largest absolute Gasteiger partial charge is 0.353 e. The van der Waals surface area contributed by atoms with Crippen LogP contribution in [0, 0.1) is 5.92 Å². The molecule has 7 heteroatoms. The Kier molecular flexibility index (Phi) is 5.48. The number of hydrogen-bond donors (Lipinski definition) is 2. The Bertz CT molecular complexity index is 532. The van der Waals surface area contributed by atoms with Crippen LogP contribution in [0.2, 0.25) is 0 Å². The smallest absolute Gasteiger partial charge is 0.270 e. The normalized spacial score (nSPS) is 23.4. The molecule has 0 unspecified atom stereocenters. The minimum atomic E-state index is -0.143. The molecule has 0 aromatic rings. The lowest BCUT2D eigenvalue weighted by molar-refractivity contribution is -0.127. The van der Waals surface area contributed by atoms with Gasteiger partial charge < -0.3 is 10.2 Å². The van der Waals surface area contributed by atoms with Crippen molar-refractivity contribution in [3.05, 3.63) is 0 Å². The molecule has 132 valence electrons. The average Bonchev–Trinajstić information content (AvgIpc) is 2.63. The molecule has 7 nitrogen and oxygen atoms in total. The number of amides is 3. The molecule has 0 aromatic carbocycles. The van der Waals surface area contributed by atoms with Crippen LogP contribution in [0.4, 0.5) is 0 Å². The molecule has 24 heavy (non-hydrogen) atoms. The summed E-state index contributed by atoms with van der Waals surface area (Å²) in [6.45, 7) is 1.25. The van der Waals surface area contributed by atoms with Gasteiger partial charge in [0.25, 0.3) is 5.91 Å². The topological polar surface area (TPSA) is 90.9 Å². The summed E-state index contributed by atoms with van der Waals surface area (Å²) < 4.78 is 0. The lowest BCUT2D eigenvalue weighted by Crippen LogP contribution is -2.50. The first-order valence-electron chi connectivity index (χ1n) is 9.08. The SMILES string of the molecule is O=C1CCC(C(=O)N2CCC(NC(=O)C3CCCCC3)CC2)=NN1. The van der Waals surface area contributed by atoms with Crippen molar-refractivity contribution < 1.29 is 14.4 Å². The van der Waals surface area contributed by atoms with Gasteiger partial charge in [-0.1, -0.05) is 19.3 Å². The second-order valence-corrected chi connectivity index (χ2v) is 7.00. The standard InChI is InChI=1S/C17H26N4O3/c22-15-7-6-14(19-20-15)17(24)21-10-8-13(9-11-21)18-16(23)12-4-2-1-3-5-12/h12-13H,1-11H2,(H,18,23)(H,20,22). The molecule has 1 saturated heterocycles. The van der Waals surface area contributed by atoms with Crippen LogP contribution in [0.1, 0.15) is 57.8 Å². The van der Waals surface area contributed by atoms with E-state index in [4.69, 9.17) is 0 Å². The van der Waals surface area contributed by atoms with Crippen molar-refractivity contribution in [1.29, 1.82) is 0 Å². The van der Waals surface area contributed by atoms with Crippen LogP contribution in [0.15, 0.2) is 5.10 Å². The van der Waals surface area contributed by atoms with Crippen LogP contribution < -0.4 is 10.7 Å². The molecule has 0 atom stereocenters. The van der Waals surface area contributed by atoms with Crippen LogP contribution in [0.3, 0.4) is 0 Å². The molecule has 0 radical (unpaired) electrons. The molecule has 3 rings (SSSR count). The number of piperidine rings is 1. The molecule has 1 saturated carbocycles. The number of carbonyl (C=O) groups is 3. The predicted octanol–water partition coefficient (Wildman–Crippen LogP) is 0.940. The van der Waals surface area contributed by atoms with E-state index < -0.39 is 0 Å². The third-order valence-corrected chi connectivity index (χ3v) is 5.26. The summed E-state index contributed by atoms with van der Waals surface area (Å²) in [4.78, 5) is 37.6. The van der Waals surface area contributed by atoms with Crippen molar-refractivity contribution in [2.45, 2.75) is 63.8 Å². The van der Waals surface area contributed by atoms with E-state index in [1.54, 1.807) is 4.90 Å². The van der Waals surface area contributed by atoms with E-state index in [2.05, 4.69) is 15.8 Å². The van der Waals surface area contributed by atoms with Gasteiger partial charge in [0.15, 0.2) is 0 Å². The second-order valence-electron chi connectivity index (χ2n) is 7.00. The fourth-order valence-corrected chi connectivity index (χ4v) is 3.72. The number of nitrogens with zero attached hydrogens (tertiary/aromatic N) is 2. The zero-order chi connectivity index (χ0) is 16.9. The quantitative estimate of drug-likeness (QED) is 0.805. The molecule has 0 spiro atoms. The Balaban J connectivity index is 1.44. The van der Waals surface area contributed by atoms with Gasteiger partial charge in [-0.25, -0.2) is 5.43 Å². The summed E-state index contributed by atoms with van der Waals surface area (Å²) in [6.07, 6.45) is 7.86. The number of hydrogen-bond acceptors (Lipinski definition) is 4. The van der Waals surface area contributed by atoms with E-state index in [0.29, 0.717) is 31.6 Å². The lowest BCUT2D eigenvalue weighted by Gasteiger charge is -2.34. The number of carbonyl (C=O) groups excluding carboxylic acids is 3. The van der Waals surface area contributed by atoms with Gasteiger partial charge in [-0.15, -0.1) is 0 Å². The zero-order valence-corrected chi connectivity index (χ0v) is 14.1. The third kappa shape index (κ3) is 4.13. The molecule has 2 aliphatic heterocycles. The first-order valence-corrected chi connectivity index (χ1v) is 9.08. The fraction of sp³-hybridized carbons (Fsp3) is 0.765. The highest BCUT2D eigenvalue weighted by Gasteiger charge is 2.29. The van der Waals surface area contributed by atoms with Crippen molar-refractivity contribution >= 4 is 23.4 Å². The fourth-order valence-electron chi connectivity index (χ4n) is 3.72. The average molecular weight is 334 g/mol. The second kappa shape index (κ2) is 7.77. The third-order valence-electron chi connectivity index (χ3n) is 5.26. The van der Waals surface area contributed by atoms with E-state index in [1.807, 2.05) is 0 Å². The van der Waals surface area contributed by atoms with Crippen LogP contribution in [0.25, 0.3) is 0 Å². The summed E-state index contributed by atoms with van der Waals surface area (Å²) in [6, 6.07) is 0.163. The molecular formula is C17H26N4O3. The maximum absolute atomic E-state index is 12.4. The van der Waals surface area contributed by atoms with Crippen molar-refractivity contribution in [2.75, 3.05) is 13.1 Å². The van der Waals surface area contributed by atoms with Gasteiger partial charge in [0.2, 0.25) is 11.8 Å². The Morgan fingerprint density at radius 3 is 2.38 bits per heavy atom. The van der Waals surface area contributed by atoms with Gasteiger partial charge in [-0.05, 0) is 25.7 Å². The van der Waals surface area contributed by atoms with Gasteiger partial charge in [0.1, 0.15) is 5.71 Å². The number of nitrogens with one attached hydrogen (secondary N) is 2. The molecule has 0 bridgehead atoms. The summed E-state index contributed by atoms with van der Waals surface area (Å²) >= 11 is 0. The van der Waals surface area contributed by atoms with E-state index in [-0.39, 0.29) is 29.7 Å². The first-order chi connectivity index (χ1) is 11.6. The molecular weight excluding hydrogens is 308 g/mol. The molecule has 1 aliphatic carbocycles. The van der Waals surface area contributed by atoms with Crippen LogP contribution in [-0.4, -0.2) is 47.5 Å². The van der Waals surface area contributed by atoms with Gasteiger partial charge in [-0.2, -0.15) is 5.10 Å². The first kappa shape index (κ1) is 16.9. The summed E-state index contributed by atoms with van der Waals surface area (Å²) in [5.41, 5.74) is 2.80. The highest BCUT2D eigenvalue weighted by Crippen LogP contribution is 2.24. The molecule has 3 amide bonds. The van der Waals surface area contributed by atoms with E-state index >= 15 is 0 Å². The Labute approximate surface area is 142 Å². The van der Waals surface area contributed by atoms with Crippen LogP contribution >= 0.6 is 0 Å². The highest BCUT2D eigenvalue weighted by atomic mass is 16.2. The Morgan fingerprint density at radius 2 is 1.75 bits per heavy atom. The van der Waals surface area contributed by atoms with Crippen molar-refractivity contribution in [1.82, 2.24) is 15.6 Å². The minimum Gasteiger partial charge on any atom is -0.353 e. The maximum Gasteiger partial charge on any atom is 0.270 e. The van der Waals surface area contributed by atoms with Crippen molar-refractivity contribution in [3.8, 4) is 0 Å². The predicted molar refractivity (Wildman–Crippen MR) is 89.1 cm³/mol. The van der Waals surface area contributed by atoms with Gasteiger partial charge in [0.05, 0.1) is 0 Å². The van der Waals surface area contributed by atoms with Crippen LogP contribution in [0.5, 0.6) is 0 Å². The van der Waals surface area contributed by atoms with Crippen molar-refractivity contribution in [3.63, 3.8) is 0 Å². The number of hydrazone groups is 1. The Morgan fingerprint density at radius 1 is 1.04 bits per heavy atom. The van der Waals surface area contributed by atoms with E-state index in [9.17, 15) is 14.4 Å². The molecule has 2 heterocycles. The van der Waals surface area contributed by atoms with Gasteiger partial charge in [-0.3, -0.25) is 14.4 Å². The molecule has 3 aliphatic rings. The van der Waals surface area contributed by atoms with Gasteiger partial charge >= 0.3 is 0 Å². The van der Waals surface area contributed by atoms with Crippen molar-refractivity contribution in [2.24, 2.45) is 11.0 Å². The maximum atomic E-state index is 12.4. The summed E-state index contributed by atoms with van der Waals surface area (Å²) in [5.74, 6) is 0.139. The monoisotopic (exact) mass is 334 g/mol. The molecule has 2 N–H and O–H groups in total. The Hall–Kier alpha value is -1.92. The molecule has 0 aromatic heterocycles. The zero-order valence-electron chi connectivity index (χ0n) is 14.1. The van der Waals surface area contributed by atoms with E-state index in [0.717, 1.165) is 38.5 Å². The summed E-state index contributed by atoms with van der Waals surface area (Å²) in [5, 5.41) is 7.04. The molecule has 2 fully saturated rings. The van der Waals surface area contributed by atoms with Crippen LogP contribution in [-0.2, 0) is 14.4 Å². The number of rotatable bonds is 3.